The molecule has 6 heteroatoms. The van der Waals surface area contributed by atoms with E-state index in [1.54, 1.807) is 24.5 Å². The van der Waals surface area contributed by atoms with E-state index < -0.39 is 0 Å². The number of hydrogen-bond acceptors (Lipinski definition) is 5. The maximum absolute atomic E-state index is 12.5. The lowest BCUT2D eigenvalue weighted by molar-refractivity contribution is 0.0748. The second kappa shape index (κ2) is 5.85. The summed E-state index contributed by atoms with van der Waals surface area (Å²) < 4.78 is 10.5. The largest absolute Gasteiger partial charge is 0.461 e. The molecule has 6 nitrogen and oxygen atoms in total. The molecular weight excluding hydrogens is 294 g/mol. The Morgan fingerprint density at radius 3 is 2.74 bits per heavy atom. The zero-order valence-corrected chi connectivity index (χ0v) is 12.9. The number of carbonyl (C=O) groups is 1. The van der Waals surface area contributed by atoms with Crippen LogP contribution in [0.5, 0.6) is 0 Å². The van der Waals surface area contributed by atoms with Gasteiger partial charge >= 0.3 is 0 Å². The van der Waals surface area contributed by atoms with Crippen molar-refractivity contribution in [1.29, 1.82) is 0 Å². The summed E-state index contributed by atoms with van der Waals surface area (Å²) in [5.41, 5.74) is 6.43. The van der Waals surface area contributed by atoms with E-state index in [4.69, 9.17) is 14.7 Å². The topological polar surface area (TPSA) is 94.3 Å². The third kappa shape index (κ3) is 2.79. The first kappa shape index (κ1) is 14.5. The van der Waals surface area contributed by atoms with Crippen LogP contribution in [0.25, 0.3) is 11.5 Å². The molecule has 23 heavy (non-hydrogen) atoms. The molecule has 0 radical (unpaired) electrons. The Morgan fingerprint density at radius 2 is 2.04 bits per heavy atom. The van der Waals surface area contributed by atoms with Gasteiger partial charge in [-0.3, -0.25) is 4.79 Å². The van der Waals surface area contributed by atoms with Gasteiger partial charge in [0.2, 0.25) is 5.76 Å². The van der Waals surface area contributed by atoms with Gasteiger partial charge in [0.15, 0.2) is 11.5 Å². The van der Waals surface area contributed by atoms with Gasteiger partial charge in [0.1, 0.15) is 0 Å². The quantitative estimate of drug-likeness (QED) is 0.908. The number of rotatable bonds is 3. The number of nitrogens with zero attached hydrogens (tertiary/aromatic N) is 1. The number of nitrogens with one attached hydrogen (secondary N) is 1. The molecule has 2 atom stereocenters. The van der Waals surface area contributed by atoms with E-state index in [1.807, 2.05) is 0 Å². The lowest BCUT2D eigenvalue weighted by atomic mass is 9.67. The summed E-state index contributed by atoms with van der Waals surface area (Å²) in [6.45, 7) is 0. The highest BCUT2D eigenvalue weighted by atomic mass is 16.5. The number of hydrogen-bond donors (Lipinski definition) is 2. The molecule has 2 unspecified atom stereocenters. The van der Waals surface area contributed by atoms with Crippen LogP contribution in [0.1, 0.15) is 42.6 Å². The molecule has 0 aliphatic heterocycles. The summed E-state index contributed by atoms with van der Waals surface area (Å²) in [6, 6.07) is 5.65. The fourth-order valence-electron chi connectivity index (χ4n) is 4.17. The van der Waals surface area contributed by atoms with E-state index in [-0.39, 0.29) is 18.0 Å². The Hall–Kier alpha value is -2.08. The maximum atomic E-state index is 12.5. The van der Waals surface area contributed by atoms with Crippen LogP contribution in [0, 0.1) is 11.8 Å². The first-order valence-electron chi connectivity index (χ1n) is 8.28. The molecule has 0 saturated heterocycles. The Balaban J connectivity index is 1.48. The molecule has 2 saturated carbocycles. The fraction of sp³-hybridized carbons (Fsp3) is 0.529. The smallest absolute Gasteiger partial charge is 0.273 e. The van der Waals surface area contributed by atoms with E-state index in [0.717, 1.165) is 25.7 Å². The molecule has 2 aliphatic rings. The van der Waals surface area contributed by atoms with E-state index in [0.29, 0.717) is 29.1 Å². The van der Waals surface area contributed by atoms with Gasteiger partial charge in [-0.2, -0.15) is 0 Å². The Kier molecular flexibility index (Phi) is 3.69. The van der Waals surface area contributed by atoms with Gasteiger partial charge < -0.3 is 20.0 Å². The highest BCUT2D eigenvalue weighted by molar-refractivity contribution is 5.93. The minimum absolute atomic E-state index is 0.177. The molecule has 2 bridgehead atoms. The minimum atomic E-state index is -0.177. The number of carbonyl (C=O) groups excluding carboxylic acids is 1. The molecule has 2 fully saturated rings. The lowest BCUT2D eigenvalue weighted by Gasteiger charge is -2.45. The average Bonchev–Trinajstić information content (AvgIpc) is 3.19. The minimum Gasteiger partial charge on any atom is -0.461 e. The summed E-state index contributed by atoms with van der Waals surface area (Å²) in [5, 5.41) is 7.04. The first-order valence-corrected chi connectivity index (χ1v) is 8.28. The fourth-order valence-corrected chi connectivity index (χ4v) is 4.17. The molecule has 2 aromatic heterocycles. The van der Waals surface area contributed by atoms with Gasteiger partial charge in [0.05, 0.1) is 6.26 Å². The molecular formula is C17H21N3O3. The number of nitrogens with two attached hydrogens (primary N) is 1. The van der Waals surface area contributed by atoms with Crippen molar-refractivity contribution in [3.8, 4) is 11.5 Å². The number of amides is 1. The monoisotopic (exact) mass is 315 g/mol. The Bertz CT molecular complexity index is 665. The van der Waals surface area contributed by atoms with Crippen LogP contribution < -0.4 is 11.1 Å². The number of aromatic nitrogens is 1. The number of furan rings is 1. The predicted octanol–water partition coefficient (Wildman–Crippen LogP) is 2.57. The summed E-state index contributed by atoms with van der Waals surface area (Å²) in [4.78, 5) is 12.5. The lowest BCUT2D eigenvalue weighted by Crippen LogP contribution is -2.53. The molecule has 1 amide bonds. The zero-order chi connectivity index (χ0) is 15.8. The van der Waals surface area contributed by atoms with Gasteiger partial charge in [0.25, 0.3) is 5.91 Å². The molecule has 4 rings (SSSR count). The van der Waals surface area contributed by atoms with Gasteiger partial charge in [-0.15, -0.1) is 0 Å². The van der Waals surface area contributed by atoms with Crippen molar-refractivity contribution in [3.05, 3.63) is 30.2 Å². The van der Waals surface area contributed by atoms with Crippen molar-refractivity contribution in [1.82, 2.24) is 10.5 Å². The molecule has 2 heterocycles. The second-order valence-electron chi connectivity index (χ2n) is 6.74. The zero-order valence-electron chi connectivity index (χ0n) is 12.9. The summed E-state index contributed by atoms with van der Waals surface area (Å²) in [6.07, 6.45) is 7.08. The van der Waals surface area contributed by atoms with Crippen molar-refractivity contribution < 1.29 is 13.7 Å². The molecule has 2 aromatic rings. The van der Waals surface area contributed by atoms with Crippen molar-refractivity contribution in [2.45, 2.75) is 44.2 Å². The van der Waals surface area contributed by atoms with Gasteiger partial charge in [-0.1, -0.05) is 11.6 Å². The third-order valence-electron chi connectivity index (χ3n) is 5.18. The van der Waals surface area contributed by atoms with Gasteiger partial charge in [-0.05, 0) is 49.7 Å². The van der Waals surface area contributed by atoms with Crippen molar-refractivity contribution in [3.63, 3.8) is 0 Å². The second-order valence-corrected chi connectivity index (χ2v) is 6.74. The Morgan fingerprint density at radius 1 is 1.26 bits per heavy atom. The van der Waals surface area contributed by atoms with Crippen LogP contribution in [0.3, 0.4) is 0 Å². The van der Waals surface area contributed by atoms with Crippen molar-refractivity contribution >= 4 is 5.91 Å². The predicted molar refractivity (Wildman–Crippen MR) is 83.5 cm³/mol. The van der Waals surface area contributed by atoms with Crippen molar-refractivity contribution in [2.24, 2.45) is 17.6 Å². The first-order chi connectivity index (χ1) is 11.2. The molecule has 3 N–H and O–H groups in total. The maximum Gasteiger partial charge on any atom is 0.273 e. The number of fused-ring (bicyclic) bond motifs is 2. The van der Waals surface area contributed by atoms with Crippen LogP contribution in [0.4, 0.5) is 0 Å². The van der Waals surface area contributed by atoms with Crippen molar-refractivity contribution in [2.75, 3.05) is 0 Å². The molecule has 0 aromatic carbocycles. The highest BCUT2D eigenvalue weighted by Crippen LogP contribution is 2.39. The molecule has 0 spiro atoms. The summed E-state index contributed by atoms with van der Waals surface area (Å²) in [5.74, 6) is 1.82. The van der Waals surface area contributed by atoms with Gasteiger partial charge in [-0.25, -0.2) is 0 Å². The standard InChI is InChI=1S/C17H21N3O3/c18-12-7-10-3-1-4-11(8-12)16(10)19-17(21)13-9-15(23-20-13)14-5-2-6-22-14/h2,5-6,9-12,16H,1,3-4,7-8,18H2,(H,19,21). The van der Waals surface area contributed by atoms with Gasteiger partial charge in [0, 0.05) is 18.2 Å². The van der Waals surface area contributed by atoms with Crippen LogP contribution in [-0.2, 0) is 0 Å². The average molecular weight is 315 g/mol. The van der Waals surface area contributed by atoms with Crippen LogP contribution >= 0.6 is 0 Å². The normalized spacial score (nSPS) is 30.1. The van der Waals surface area contributed by atoms with E-state index in [1.165, 1.54) is 6.42 Å². The molecule has 2 aliphatic carbocycles. The SMILES string of the molecule is NC1CC2CCCC(C1)C2NC(=O)c1cc(-c2ccco2)on1. The highest BCUT2D eigenvalue weighted by Gasteiger charge is 2.40. The molecule has 122 valence electrons. The van der Waals surface area contributed by atoms with Crippen LogP contribution in [0.2, 0.25) is 0 Å². The van der Waals surface area contributed by atoms with Crippen LogP contribution in [-0.4, -0.2) is 23.1 Å². The van der Waals surface area contributed by atoms with E-state index >= 15 is 0 Å². The van der Waals surface area contributed by atoms with E-state index in [9.17, 15) is 4.79 Å². The Labute approximate surface area is 134 Å². The third-order valence-corrected chi connectivity index (χ3v) is 5.18. The van der Waals surface area contributed by atoms with Crippen LogP contribution in [0.15, 0.2) is 33.4 Å². The van der Waals surface area contributed by atoms with E-state index in [2.05, 4.69) is 10.5 Å². The summed E-state index contributed by atoms with van der Waals surface area (Å²) >= 11 is 0. The summed E-state index contributed by atoms with van der Waals surface area (Å²) in [7, 11) is 0.